The molecule has 1 N–H and O–H groups in total. The monoisotopic (exact) mass is 518 g/mol. The van der Waals surface area contributed by atoms with E-state index in [1.54, 1.807) is 30.0 Å². The van der Waals surface area contributed by atoms with Crippen molar-refractivity contribution in [2.45, 2.75) is 70.5 Å². The van der Waals surface area contributed by atoms with Crippen molar-refractivity contribution in [1.29, 1.82) is 0 Å². The highest BCUT2D eigenvalue weighted by atomic mass is 35.5. The van der Waals surface area contributed by atoms with E-state index in [-0.39, 0.29) is 30.8 Å². The number of ether oxygens (including phenoxy) is 2. The van der Waals surface area contributed by atoms with Gasteiger partial charge in [-0.2, -0.15) is 0 Å². The molecule has 1 aliphatic carbocycles. The summed E-state index contributed by atoms with van der Waals surface area (Å²) in [5, 5.41) is 4.15. The third kappa shape index (κ3) is 6.83. The molecule has 35 heavy (non-hydrogen) atoms. The molecule has 1 unspecified atom stereocenters. The first kappa shape index (κ1) is 25.6. The summed E-state index contributed by atoms with van der Waals surface area (Å²) in [6.45, 7) is 3.06. The number of benzene rings is 2. The molecule has 1 fully saturated rings. The Hall–Kier alpha value is -2.44. The quantitative estimate of drug-likeness (QED) is 0.496. The molecule has 0 aromatic heterocycles. The highest BCUT2D eigenvalue weighted by molar-refractivity contribution is 6.35. The van der Waals surface area contributed by atoms with Crippen molar-refractivity contribution in [2.75, 3.05) is 13.2 Å². The maximum Gasteiger partial charge on any atom is 0.242 e. The van der Waals surface area contributed by atoms with Crippen molar-refractivity contribution in [3.05, 3.63) is 57.6 Å². The smallest absolute Gasteiger partial charge is 0.242 e. The van der Waals surface area contributed by atoms with Gasteiger partial charge in [-0.15, -0.1) is 0 Å². The van der Waals surface area contributed by atoms with E-state index in [0.29, 0.717) is 35.4 Å². The van der Waals surface area contributed by atoms with Gasteiger partial charge in [0.05, 0.1) is 0 Å². The number of fused-ring (bicyclic) bond motifs is 1. The Morgan fingerprint density at radius 1 is 1.03 bits per heavy atom. The van der Waals surface area contributed by atoms with Crippen LogP contribution in [0.3, 0.4) is 0 Å². The molecule has 0 bridgehead atoms. The second kappa shape index (κ2) is 12.0. The van der Waals surface area contributed by atoms with E-state index in [2.05, 4.69) is 5.32 Å². The lowest BCUT2D eigenvalue weighted by atomic mass is 9.95. The van der Waals surface area contributed by atoms with E-state index in [1.165, 1.54) is 6.42 Å². The summed E-state index contributed by atoms with van der Waals surface area (Å²) in [4.78, 5) is 28.2. The van der Waals surface area contributed by atoms with Gasteiger partial charge in [-0.25, -0.2) is 0 Å². The molecule has 0 saturated heterocycles. The topological polar surface area (TPSA) is 67.9 Å². The number of hydrogen-bond acceptors (Lipinski definition) is 4. The second-order valence-electron chi connectivity index (χ2n) is 9.25. The predicted octanol–water partition coefficient (Wildman–Crippen LogP) is 5.56. The first-order valence-corrected chi connectivity index (χ1v) is 13.1. The fraction of sp³-hybridized carbons (Fsp3) is 0.481. The predicted molar refractivity (Wildman–Crippen MR) is 137 cm³/mol. The highest BCUT2D eigenvalue weighted by Crippen LogP contribution is 2.31. The van der Waals surface area contributed by atoms with Crippen LogP contribution in [-0.2, 0) is 22.6 Å². The zero-order valence-corrected chi connectivity index (χ0v) is 21.5. The summed E-state index contributed by atoms with van der Waals surface area (Å²) < 4.78 is 11.2. The number of hydrogen-bond donors (Lipinski definition) is 1. The molecule has 1 heterocycles. The van der Waals surface area contributed by atoms with Crippen LogP contribution in [0.4, 0.5) is 0 Å². The summed E-state index contributed by atoms with van der Waals surface area (Å²) in [5.74, 6) is 1.18. The van der Waals surface area contributed by atoms with Gasteiger partial charge in [-0.05, 0) is 61.6 Å². The number of halogens is 2. The normalized spacial score (nSPS) is 16.4. The summed E-state index contributed by atoms with van der Waals surface area (Å²) in [7, 11) is 0. The third-order valence-corrected chi connectivity index (χ3v) is 7.30. The fourth-order valence-electron chi connectivity index (χ4n) is 4.62. The Labute approximate surface area is 216 Å². The van der Waals surface area contributed by atoms with Gasteiger partial charge in [0.25, 0.3) is 0 Å². The van der Waals surface area contributed by atoms with E-state index in [4.69, 9.17) is 32.7 Å². The SMILES string of the molecule is CC(C(=O)NC1CCCCC1)N(Cc1ccc(Cl)cc1Cl)C(=O)CCc1ccc2c(c1)OCCO2. The molecule has 4 rings (SSSR count). The first-order chi connectivity index (χ1) is 16.9. The van der Waals surface area contributed by atoms with Gasteiger partial charge in [0.1, 0.15) is 19.3 Å². The molecular formula is C27H32Cl2N2O4. The summed E-state index contributed by atoms with van der Waals surface area (Å²) in [6.07, 6.45) is 6.21. The molecule has 0 radical (unpaired) electrons. The molecular weight excluding hydrogens is 487 g/mol. The molecule has 6 nitrogen and oxygen atoms in total. The van der Waals surface area contributed by atoms with Gasteiger partial charge in [-0.1, -0.05) is 54.6 Å². The average Bonchev–Trinajstić information content (AvgIpc) is 2.87. The average molecular weight is 519 g/mol. The Balaban J connectivity index is 1.47. The van der Waals surface area contributed by atoms with Crippen LogP contribution in [0, 0.1) is 0 Å². The van der Waals surface area contributed by atoms with E-state index < -0.39 is 6.04 Å². The summed E-state index contributed by atoms with van der Waals surface area (Å²) in [6, 6.07) is 10.5. The van der Waals surface area contributed by atoms with Crippen molar-refractivity contribution in [2.24, 2.45) is 0 Å². The van der Waals surface area contributed by atoms with Crippen LogP contribution >= 0.6 is 23.2 Å². The maximum absolute atomic E-state index is 13.4. The van der Waals surface area contributed by atoms with Gasteiger partial charge >= 0.3 is 0 Å². The van der Waals surface area contributed by atoms with E-state index in [0.717, 1.165) is 42.6 Å². The minimum absolute atomic E-state index is 0.114. The van der Waals surface area contributed by atoms with Crippen LogP contribution < -0.4 is 14.8 Å². The Morgan fingerprint density at radius 3 is 2.51 bits per heavy atom. The molecule has 2 aromatic carbocycles. The number of carbonyl (C=O) groups is 2. The van der Waals surface area contributed by atoms with Crippen molar-refractivity contribution >= 4 is 35.0 Å². The lowest BCUT2D eigenvalue weighted by molar-refractivity contribution is -0.141. The van der Waals surface area contributed by atoms with Crippen molar-refractivity contribution in [3.8, 4) is 11.5 Å². The number of rotatable bonds is 8. The Kier molecular flexibility index (Phi) is 8.79. The van der Waals surface area contributed by atoms with Gasteiger partial charge < -0.3 is 19.7 Å². The molecule has 0 spiro atoms. The number of nitrogens with zero attached hydrogens (tertiary/aromatic N) is 1. The van der Waals surface area contributed by atoms with Crippen LogP contribution in [0.1, 0.15) is 56.6 Å². The van der Waals surface area contributed by atoms with Gasteiger partial charge in [0.2, 0.25) is 11.8 Å². The molecule has 1 atom stereocenters. The minimum Gasteiger partial charge on any atom is -0.486 e. The lowest BCUT2D eigenvalue weighted by Gasteiger charge is -2.31. The van der Waals surface area contributed by atoms with Crippen molar-refractivity contribution in [3.63, 3.8) is 0 Å². The molecule has 8 heteroatoms. The van der Waals surface area contributed by atoms with Gasteiger partial charge in [-0.3, -0.25) is 9.59 Å². The largest absolute Gasteiger partial charge is 0.486 e. The van der Waals surface area contributed by atoms with Crippen molar-refractivity contribution in [1.82, 2.24) is 10.2 Å². The van der Waals surface area contributed by atoms with Gasteiger partial charge in [0.15, 0.2) is 11.5 Å². The maximum atomic E-state index is 13.4. The second-order valence-corrected chi connectivity index (χ2v) is 10.1. The first-order valence-electron chi connectivity index (χ1n) is 12.3. The van der Waals surface area contributed by atoms with Gasteiger partial charge in [0, 0.05) is 29.1 Å². The Bertz CT molecular complexity index is 1060. The molecule has 1 saturated carbocycles. The van der Waals surface area contributed by atoms with E-state index >= 15 is 0 Å². The van der Waals surface area contributed by atoms with Crippen LogP contribution in [0.2, 0.25) is 10.0 Å². The van der Waals surface area contributed by atoms with Crippen LogP contribution in [0.5, 0.6) is 11.5 Å². The molecule has 2 amide bonds. The van der Waals surface area contributed by atoms with Crippen LogP contribution in [-0.4, -0.2) is 42.0 Å². The molecule has 2 aliphatic rings. The standard InChI is InChI=1S/C27H32Cl2N2O4/c1-18(27(33)30-22-5-3-2-4-6-22)31(17-20-9-10-21(28)16-23(20)29)26(32)12-8-19-7-11-24-25(15-19)35-14-13-34-24/h7,9-11,15-16,18,22H,2-6,8,12-14,17H2,1H3,(H,30,33). The van der Waals surface area contributed by atoms with Crippen molar-refractivity contribution < 1.29 is 19.1 Å². The number of amides is 2. The fourth-order valence-corrected chi connectivity index (χ4v) is 5.09. The van der Waals surface area contributed by atoms with Crippen LogP contribution in [0.25, 0.3) is 0 Å². The number of carbonyl (C=O) groups excluding carboxylic acids is 2. The lowest BCUT2D eigenvalue weighted by Crippen LogP contribution is -2.50. The van der Waals surface area contributed by atoms with Crippen LogP contribution in [0.15, 0.2) is 36.4 Å². The number of aryl methyl sites for hydroxylation is 1. The van der Waals surface area contributed by atoms with E-state index in [9.17, 15) is 9.59 Å². The highest BCUT2D eigenvalue weighted by Gasteiger charge is 2.28. The minimum atomic E-state index is -0.628. The Morgan fingerprint density at radius 2 is 1.77 bits per heavy atom. The number of nitrogens with one attached hydrogen (secondary N) is 1. The summed E-state index contributed by atoms with van der Waals surface area (Å²) in [5.41, 5.74) is 1.73. The zero-order chi connectivity index (χ0) is 24.8. The van der Waals surface area contributed by atoms with E-state index in [1.807, 2.05) is 18.2 Å². The molecule has 2 aromatic rings. The zero-order valence-electron chi connectivity index (χ0n) is 20.0. The third-order valence-electron chi connectivity index (χ3n) is 6.71. The summed E-state index contributed by atoms with van der Waals surface area (Å²) >= 11 is 12.5. The molecule has 1 aliphatic heterocycles. The molecule has 188 valence electrons.